The van der Waals surface area contributed by atoms with E-state index in [1.165, 1.54) is 18.7 Å². The molecule has 0 aliphatic carbocycles. The Kier molecular flexibility index (Phi) is 4.94. The van der Waals surface area contributed by atoms with Crippen LogP contribution in [0.4, 0.5) is 5.69 Å². The van der Waals surface area contributed by atoms with E-state index in [-0.39, 0.29) is 5.91 Å². The number of hydrogen-bond acceptors (Lipinski definition) is 9. The van der Waals surface area contributed by atoms with Gasteiger partial charge in [0.05, 0.1) is 11.4 Å². The zero-order valence-electron chi connectivity index (χ0n) is 14.1. The lowest BCUT2D eigenvalue weighted by Gasteiger charge is -2.06. The summed E-state index contributed by atoms with van der Waals surface area (Å²) in [5, 5.41) is 23.0. The Hall–Kier alpha value is -3.05. The fourth-order valence-corrected chi connectivity index (χ4v) is 3.66. The summed E-state index contributed by atoms with van der Waals surface area (Å²) in [6, 6.07) is 9.21. The van der Waals surface area contributed by atoms with E-state index in [4.69, 9.17) is 4.52 Å². The van der Waals surface area contributed by atoms with Gasteiger partial charge in [0.25, 0.3) is 0 Å². The van der Waals surface area contributed by atoms with E-state index in [9.17, 15) is 4.79 Å². The average molecular weight is 399 g/mol. The summed E-state index contributed by atoms with van der Waals surface area (Å²) in [5.74, 6) is 1.34. The maximum atomic E-state index is 11.2. The molecule has 0 saturated heterocycles. The smallest absolute Gasteiger partial charge is 0.237 e. The molecule has 4 rings (SSSR count). The molecule has 0 fully saturated rings. The summed E-state index contributed by atoms with van der Waals surface area (Å²) >= 11 is 2.95. The number of benzene rings is 1. The second kappa shape index (κ2) is 7.68. The average Bonchev–Trinajstić information content (AvgIpc) is 3.39. The van der Waals surface area contributed by atoms with Crippen molar-refractivity contribution in [3.8, 4) is 17.1 Å². The molecule has 0 atom stereocenters. The number of aromatic nitrogens is 6. The highest BCUT2D eigenvalue weighted by Crippen LogP contribution is 2.25. The maximum Gasteiger partial charge on any atom is 0.237 e. The maximum absolute atomic E-state index is 11.2. The first-order valence-electron chi connectivity index (χ1n) is 7.83. The first kappa shape index (κ1) is 17.4. The van der Waals surface area contributed by atoms with E-state index in [1.54, 1.807) is 28.2 Å². The molecular weight excluding hydrogens is 386 g/mol. The molecule has 0 bridgehead atoms. The van der Waals surface area contributed by atoms with Crippen LogP contribution in [0.2, 0.25) is 0 Å². The molecule has 3 heterocycles. The van der Waals surface area contributed by atoms with Crippen molar-refractivity contribution >= 4 is 34.7 Å². The minimum Gasteiger partial charge on any atom is -0.338 e. The lowest BCUT2D eigenvalue weighted by Crippen LogP contribution is -2.07. The van der Waals surface area contributed by atoms with Crippen molar-refractivity contribution in [2.75, 3.05) is 5.32 Å². The third kappa shape index (κ3) is 4.04. The fraction of sp³-hybridized carbons (Fsp3) is 0.125. The van der Waals surface area contributed by atoms with E-state index in [0.29, 0.717) is 28.3 Å². The van der Waals surface area contributed by atoms with Gasteiger partial charge in [-0.25, -0.2) is 0 Å². The van der Waals surface area contributed by atoms with E-state index in [0.717, 1.165) is 11.3 Å². The molecule has 0 saturated carbocycles. The Morgan fingerprint density at radius 2 is 2.30 bits per heavy atom. The van der Waals surface area contributed by atoms with Crippen molar-refractivity contribution in [2.45, 2.75) is 17.8 Å². The number of carbonyl (C=O) groups excluding carboxylic acids is 1. The molecule has 3 aromatic heterocycles. The number of thiophene rings is 1. The Bertz CT molecular complexity index is 1060. The van der Waals surface area contributed by atoms with Crippen molar-refractivity contribution in [1.82, 2.24) is 30.3 Å². The summed E-state index contributed by atoms with van der Waals surface area (Å²) < 4.78 is 6.88. The van der Waals surface area contributed by atoms with Gasteiger partial charge >= 0.3 is 0 Å². The minimum absolute atomic E-state index is 0.142. The highest BCUT2D eigenvalue weighted by Gasteiger charge is 2.14. The van der Waals surface area contributed by atoms with Crippen LogP contribution in [0.25, 0.3) is 17.1 Å². The molecule has 1 aromatic carbocycles. The summed E-state index contributed by atoms with van der Waals surface area (Å²) in [7, 11) is 0. The van der Waals surface area contributed by atoms with E-state index in [1.807, 2.05) is 29.0 Å². The summed E-state index contributed by atoms with van der Waals surface area (Å²) in [6.45, 7) is 1.46. The third-order valence-corrected chi connectivity index (χ3v) is 5.01. The number of tetrazole rings is 1. The monoisotopic (exact) mass is 399 g/mol. The quantitative estimate of drug-likeness (QED) is 0.493. The molecule has 0 aliphatic rings. The Morgan fingerprint density at radius 1 is 1.37 bits per heavy atom. The van der Waals surface area contributed by atoms with Gasteiger partial charge in [-0.1, -0.05) is 23.0 Å². The van der Waals surface area contributed by atoms with Crippen molar-refractivity contribution in [1.29, 1.82) is 0 Å². The normalized spacial score (nSPS) is 10.9. The van der Waals surface area contributed by atoms with Crippen LogP contribution in [0, 0.1) is 0 Å². The zero-order valence-corrected chi connectivity index (χ0v) is 15.7. The van der Waals surface area contributed by atoms with Gasteiger partial charge in [0, 0.05) is 23.6 Å². The molecule has 1 N–H and O–H groups in total. The lowest BCUT2D eigenvalue weighted by molar-refractivity contribution is -0.114. The van der Waals surface area contributed by atoms with Crippen LogP contribution in [-0.4, -0.2) is 36.3 Å². The van der Waals surface area contributed by atoms with Crippen molar-refractivity contribution in [3.63, 3.8) is 0 Å². The highest BCUT2D eigenvalue weighted by atomic mass is 32.2. The predicted molar refractivity (Wildman–Crippen MR) is 101 cm³/mol. The molecule has 27 heavy (non-hydrogen) atoms. The van der Waals surface area contributed by atoms with Crippen LogP contribution in [0.1, 0.15) is 12.8 Å². The summed E-state index contributed by atoms with van der Waals surface area (Å²) in [6.07, 6.45) is 0. The Labute approximate surface area is 161 Å². The molecule has 1 amide bonds. The van der Waals surface area contributed by atoms with Crippen LogP contribution in [-0.2, 0) is 10.5 Å². The second-order valence-corrected chi connectivity index (χ2v) is 7.14. The van der Waals surface area contributed by atoms with Crippen LogP contribution < -0.4 is 5.32 Å². The van der Waals surface area contributed by atoms with Gasteiger partial charge in [-0.3, -0.25) is 4.79 Å². The van der Waals surface area contributed by atoms with E-state index in [2.05, 4.69) is 31.0 Å². The van der Waals surface area contributed by atoms with Gasteiger partial charge in [0.2, 0.25) is 22.8 Å². The van der Waals surface area contributed by atoms with Crippen molar-refractivity contribution < 1.29 is 9.32 Å². The number of nitrogens with one attached hydrogen (secondary N) is 1. The molecular formula is C16H13N7O2S2. The molecule has 0 unspecified atom stereocenters. The van der Waals surface area contributed by atoms with Gasteiger partial charge in [0.15, 0.2) is 0 Å². The van der Waals surface area contributed by atoms with Gasteiger partial charge in [-0.2, -0.15) is 21.0 Å². The van der Waals surface area contributed by atoms with Crippen LogP contribution in [0.5, 0.6) is 0 Å². The van der Waals surface area contributed by atoms with Gasteiger partial charge in [-0.05, 0) is 40.1 Å². The molecule has 0 aliphatic heterocycles. The molecule has 4 aromatic rings. The number of nitrogens with zero attached hydrogens (tertiary/aromatic N) is 6. The number of thioether (sulfide) groups is 1. The van der Waals surface area contributed by atoms with Crippen LogP contribution >= 0.6 is 23.1 Å². The highest BCUT2D eigenvalue weighted by molar-refractivity contribution is 7.98. The van der Waals surface area contributed by atoms with Crippen LogP contribution in [0.15, 0.2) is 50.8 Å². The first-order valence-corrected chi connectivity index (χ1v) is 9.76. The Morgan fingerprint density at radius 3 is 3.11 bits per heavy atom. The Balaban J connectivity index is 1.49. The molecule has 0 spiro atoms. The van der Waals surface area contributed by atoms with Gasteiger partial charge in [-0.15, -0.1) is 5.10 Å². The zero-order chi connectivity index (χ0) is 18.6. The summed E-state index contributed by atoms with van der Waals surface area (Å²) in [4.78, 5) is 15.6. The topological polar surface area (TPSA) is 112 Å². The number of rotatable bonds is 6. The summed E-state index contributed by atoms with van der Waals surface area (Å²) in [5.41, 5.74) is 2.33. The molecule has 0 radical (unpaired) electrons. The second-order valence-electron chi connectivity index (χ2n) is 5.42. The third-order valence-electron chi connectivity index (χ3n) is 3.42. The van der Waals surface area contributed by atoms with Crippen molar-refractivity contribution in [3.05, 3.63) is 47.0 Å². The van der Waals surface area contributed by atoms with Crippen LogP contribution in [0.3, 0.4) is 0 Å². The predicted octanol–water partition coefficient (Wildman–Crippen LogP) is 3.02. The van der Waals surface area contributed by atoms with E-state index >= 15 is 0 Å². The fourth-order valence-electron chi connectivity index (χ4n) is 2.30. The number of anilines is 1. The van der Waals surface area contributed by atoms with Crippen molar-refractivity contribution in [2.24, 2.45) is 0 Å². The van der Waals surface area contributed by atoms with E-state index < -0.39 is 0 Å². The number of carbonyl (C=O) groups is 1. The largest absolute Gasteiger partial charge is 0.338 e. The molecule has 136 valence electrons. The number of amides is 1. The molecule has 11 heteroatoms. The molecule has 9 nitrogen and oxygen atoms in total. The lowest BCUT2D eigenvalue weighted by atomic mass is 10.3. The minimum atomic E-state index is -0.142. The SMILES string of the molecule is CC(=O)Nc1cccc(-n2nnnc2SCc2nc(-c3ccsc3)no2)c1. The number of hydrogen-bond donors (Lipinski definition) is 1. The first-order chi connectivity index (χ1) is 13.2. The van der Waals surface area contributed by atoms with Gasteiger partial charge < -0.3 is 9.84 Å². The standard InChI is InChI=1S/C16H13N7O2S2/c1-10(24)17-12-3-2-4-13(7-12)23-16(19-21-22-23)27-9-14-18-15(20-25-14)11-5-6-26-8-11/h2-8H,9H2,1H3,(H,17,24). The van der Waals surface area contributed by atoms with Gasteiger partial charge in [0.1, 0.15) is 0 Å².